The number of benzene rings is 1. The van der Waals surface area contributed by atoms with Crippen molar-refractivity contribution in [3.63, 3.8) is 0 Å². The van der Waals surface area contributed by atoms with Crippen LogP contribution in [0.1, 0.15) is 18.4 Å². The Bertz CT molecular complexity index is 583. The number of hydrogen-bond acceptors (Lipinski definition) is 5. The second-order valence-electron chi connectivity index (χ2n) is 5.49. The highest BCUT2D eigenvalue weighted by atomic mass is 16.5. The van der Waals surface area contributed by atoms with Crippen molar-refractivity contribution in [3.8, 4) is 17.6 Å². The Balaban J connectivity index is 1.77. The first-order valence-corrected chi connectivity index (χ1v) is 7.80. The van der Waals surface area contributed by atoms with Gasteiger partial charge in [-0.25, -0.2) is 0 Å². The zero-order chi connectivity index (χ0) is 16.7. The van der Waals surface area contributed by atoms with Gasteiger partial charge in [0, 0.05) is 6.54 Å². The van der Waals surface area contributed by atoms with Crippen LogP contribution in [0.2, 0.25) is 0 Å². The van der Waals surface area contributed by atoms with E-state index in [1.54, 1.807) is 19.1 Å². The minimum Gasteiger partial charge on any atom is -0.493 e. The molecule has 0 bridgehead atoms. The van der Waals surface area contributed by atoms with Crippen LogP contribution in [0.5, 0.6) is 11.5 Å². The number of hydrogen-bond donors (Lipinski definition) is 1. The number of ether oxygens (including phenoxy) is 2. The van der Waals surface area contributed by atoms with E-state index in [0.717, 1.165) is 24.8 Å². The number of amides is 1. The maximum Gasteiger partial charge on any atom is 0.237 e. The van der Waals surface area contributed by atoms with Gasteiger partial charge in [-0.3, -0.25) is 4.79 Å². The van der Waals surface area contributed by atoms with Crippen molar-refractivity contribution in [3.05, 3.63) is 23.8 Å². The molecule has 6 nitrogen and oxygen atoms in total. The summed E-state index contributed by atoms with van der Waals surface area (Å²) in [6, 6.07) is 7.73. The van der Waals surface area contributed by atoms with Crippen molar-refractivity contribution in [1.82, 2.24) is 10.2 Å². The third-order valence-corrected chi connectivity index (χ3v) is 4.04. The van der Waals surface area contributed by atoms with Crippen molar-refractivity contribution in [2.75, 3.05) is 33.9 Å². The van der Waals surface area contributed by atoms with E-state index in [4.69, 9.17) is 14.7 Å². The Morgan fingerprint density at radius 3 is 2.87 bits per heavy atom. The first-order chi connectivity index (χ1) is 11.2. The largest absolute Gasteiger partial charge is 0.493 e. The van der Waals surface area contributed by atoms with Crippen LogP contribution >= 0.6 is 0 Å². The second kappa shape index (κ2) is 8.39. The summed E-state index contributed by atoms with van der Waals surface area (Å²) in [5.41, 5.74) is 1.11. The van der Waals surface area contributed by atoms with Gasteiger partial charge in [0.05, 0.1) is 26.8 Å². The lowest BCUT2D eigenvalue weighted by Gasteiger charge is -2.19. The molecule has 1 amide bonds. The van der Waals surface area contributed by atoms with Crippen molar-refractivity contribution < 1.29 is 14.3 Å². The summed E-state index contributed by atoms with van der Waals surface area (Å²) in [4.78, 5) is 13.8. The Morgan fingerprint density at radius 2 is 2.17 bits per heavy atom. The summed E-state index contributed by atoms with van der Waals surface area (Å²) >= 11 is 0. The topological polar surface area (TPSA) is 74.6 Å². The van der Waals surface area contributed by atoms with Crippen LogP contribution in [0.4, 0.5) is 0 Å². The Kier molecular flexibility index (Phi) is 6.24. The first kappa shape index (κ1) is 17.1. The molecular formula is C17H23N3O3. The molecule has 0 aromatic heterocycles. The molecule has 1 aliphatic heterocycles. The highest BCUT2D eigenvalue weighted by Gasteiger charge is 2.27. The van der Waals surface area contributed by atoms with Crippen LogP contribution in [0.3, 0.4) is 0 Å². The van der Waals surface area contributed by atoms with Crippen LogP contribution in [0, 0.1) is 11.3 Å². The van der Waals surface area contributed by atoms with E-state index >= 15 is 0 Å². The van der Waals surface area contributed by atoms with Crippen LogP contribution in [0.15, 0.2) is 18.2 Å². The monoisotopic (exact) mass is 317 g/mol. The van der Waals surface area contributed by atoms with E-state index in [0.29, 0.717) is 24.6 Å². The van der Waals surface area contributed by atoms with Gasteiger partial charge in [-0.05, 0) is 43.5 Å². The van der Waals surface area contributed by atoms with E-state index < -0.39 is 0 Å². The van der Waals surface area contributed by atoms with Crippen LogP contribution in [-0.2, 0) is 11.2 Å². The SMILES string of the molecule is COc1ccc(CCNCC(=O)N2CCC[C@H]2C#N)cc1OC. The molecule has 6 heteroatoms. The predicted molar refractivity (Wildman–Crippen MR) is 86.5 cm³/mol. The van der Waals surface area contributed by atoms with Crippen LogP contribution < -0.4 is 14.8 Å². The number of likely N-dealkylation sites (tertiary alicyclic amines) is 1. The summed E-state index contributed by atoms with van der Waals surface area (Å²) in [6.07, 6.45) is 2.48. The van der Waals surface area contributed by atoms with Crippen molar-refractivity contribution in [2.24, 2.45) is 0 Å². The van der Waals surface area contributed by atoms with E-state index in [9.17, 15) is 4.79 Å². The Labute approximate surface area is 137 Å². The summed E-state index contributed by atoms with van der Waals surface area (Å²) in [5.74, 6) is 1.41. The van der Waals surface area contributed by atoms with Gasteiger partial charge in [0.15, 0.2) is 11.5 Å². The standard InChI is InChI=1S/C17H23N3O3/c1-22-15-6-5-13(10-16(15)23-2)7-8-19-12-17(21)20-9-3-4-14(20)11-18/h5-6,10,14,19H,3-4,7-9,12H2,1-2H3/t14-/m0/s1. The third-order valence-electron chi connectivity index (χ3n) is 4.04. The van der Waals surface area contributed by atoms with E-state index in [2.05, 4.69) is 11.4 Å². The molecule has 0 radical (unpaired) electrons. The zero-order valence-electron chi connectivity index (χ0n) is 13.7. The molecular weight excluding hydrogens is 294 g/mol. The van der Waals surface area contributed by atoms with Gasteiger partial charge < -0.3 is 19.7 Å². The minimum absolute atomic E-state index is 0.00126. The lowest BCUT2D eigenvalue weighted by molar-refractivity contribution is -0.130. The fourth-order valence-electron chi connectivity index (χ4n) is 2.77. The molecule has 1 heterocycles. The summed E-state index contributed by atoms with van der Waals surface area (Å²) < 4.78 is 10.5. The quantitative estimate of drug-likeness (QED) is 0.768. The number of nitrogens with zero attached hydrogens (tertiary/aromatic N) is 2. The van der Waals surface area contributed by atoms with E-state index in [1.807, 2.05) is 18.2 Å². The molecule has 2 rings (SSSR count). The molecule has 23 heavy (non-hydrogen) atoms. The molecule has 1 fully saturated rings. The maximum absolute atomic E-state index is 12.1. The van der Waals surface area contributed by atoms with Crippen molar-refractivity contribution in [1.29, 1.82) is 5.26 Å². The average Bonchev–Trinajstić information content (AvgIpc) is 3.07. The van der Waals surface area contributed by atoms with Gasteiger partial charge in [0.1, 0.15) is 6.04 Å². The minimum atomic E-state index is -0.254. The van der Waals surface area contributed by atoms with E-state index in [-0.39, 0.29) is 18.5 Å². The second-order valence-corrected chi connectivity index (χ2v) is 5.49. The van der Waals surface area contributed by atoms with Gasteiger partial charge in [-0.1, -0.05) is 6.07 Å². The van der Waals surface area contributed by atoms with Crippen LogP contribution in [-0.4, -0.2) is 50.7 Å². The summed E-state index contributed by atoms with van der Waals surface area (Å²) in [6.45, 7) is 1.65. The third kappa shape index (κ3) is 4.36. The molecule has 0 saturated carbocycles. The smallest absolute Gasteiger partial charge is 0.237 e. The molecule has 1 N–H and O–H groups in total. The number of carbonyl (C=O) groups excluding carboxylic acids is 1. The van der Waals surface area contributed by atoms with Gasteiger partial charge in [0.2, 0.25) is 5.91 Å². The molecule has 1 aromatic rings. The van der Waals surface area contributed by atoms with Gasteiger partial charge in [0.25, 0.3) is 0 Å². The summed E-state index contributed by atoms with van der Waals surface area (Å²) in [7, 11) is 3.22. The van der Waals surface area contributed by atoms with Crippen LogP contribution in [0.25, 0.3) is 0 Å². The maximum atomic E-state index is 12.1. The number of methoxy groups -OCH3 is 2. The summed E-state index contributed by atoms with van der Waals surface area (Å²) in [5, 5.41) is 12.2. The number of nitrogens with one attached hydrogen (secondary N) is 1. The lowest BCUT2D eigenvalue weighted by Crippen LogP contribution is -2.41. The highest BCUT2D eigenvalue weighted by molar-refractivity contribution is 5.79. The molecule has 0 aliphatic carbocycles. The Hall–Kier alpha value is -2.26. The highest BCUT2D eigenvalue weighted by Crippen LogP contribution is 2.27. The number of carbonyl (C=O) groups is 1. The van der Waals surface area contributed by atoms with Crippen molar-refractivity contribution >= 4 is 5.91 Å². The Morgan fingerprint density at radius 1 is 1.39 bits per heavy atom. The number of rotatable bonds is 7. The normalized spacial score (nSPS) is 16.9. The fourth-order valence-corrected chi connectivity index (χ4v) is 2.77. The van der Waals surface area contributed by atoms with Gasteiger partial charge in [-0.15, -0.1) is 0 Å². The first-order valence-electron chi connectivity index (χ1n) is 7.80. The fraction of sp³-hybridized carbons (Fsp3) is 0.529. The van der Waals surface area contributed by atoms with E-state index in [1.165, 1.54) is 0 Å². The zero-order valence-corrected chi connectivity index (χ0v) is 13.7. The molecule has 1 aliphatic rings. The molecule has 0 spiro atoms. The van der Waals surface area contributed by atoms with Gasteiger partial charge >= 0.3 is 0 Å². The molecule has 1 atom stereocenters. The number of nitriles is 1. The average molecular weight is 317 g/mol. The molecule has 124 valence electrons. The lowest BCUT2D eigenvalue weighted by atomic mass is 10.1. The predicted octanol–water partition coefficient (Wildman–Crippen LogP) is 1.35. The molecule has 0 unspecified atom stereocenters. The molecule has 1 saturated heterocycles. The van der Waals surface area contributed by atoms with Crippen molar-refractivity contribution in [2.45, 2.75) is 25.3 Å². The van der Waals surface area contributed by atoms with Gasteiger partial charge in [-0.2, -0.15) is 5.26 Å². The molecule has 1 aromatic carbocycles.